The van der Waals surface area contributed by atoms with Crippen LogP contribution in [0, 0.1) is 11.8 Å². The molecule has 0 amide bonds. The van der Waals surface area contributed by atoms with Crippen LogP contribution in [0.3, 0.4) is 0 Å². The fourth-order valence-corrected chi connectivity index (χ4v) is 5.87. The molecule has 44 heavy (non-hydrogen) atoms. The Hall–Kier alpha value is -1.77. The molecular formula is C36H64O8. The number of allylic oxidation sites excluding steroid dienone is 1. The first kappa shape index (κ1) is 40.3. The summed E-state index contributed by atoms with van der Waals surface area (Å²) in [5.74, 6) is -1.15. The second-order valence-electron chi connectivity index (χ2n) is 12.8. The summed E-state index contributed by atoms with van der Waals surface area (Å²) < 4.78 is 10.2. The van der Waals surface area contributed by atoms with Crippen molar-refractivity contribution in [3.8, 4) is 0 Å². The van der Waals surface area contributed by atoms with Crippen molar-refractivity contribution in [2.45, 2.75) is 173 Å². The normalized spacial score (nSPS) is 19.8. The molecule has 256 valence electrons. The Bertz CT molecular complexity index is 782. The van der Waals surface area contributed by atoms with E-state index in [2.05, 4.69) is 13.8 Å². The van der Waals surface area contributed by atoms with E-state index in [0.29, 0.717) is 19.3 Å². The van der Waals surface area contributed by atoms with Crippen molar-refractivity contribution in [1.29, 1.82) is 0 Å². The molecule has 0 aromatic rings. The van der Waals surface area contributed by atoms with Crippen molar-refractivity contribution >= 4 is 17.7 Å². The zero-order valence-corrected chi connectivity index (χ0v) is 27.9. The summed E-state index contributed by atoms with van der Waals surface area (Å²) >= 11 is 0. The number of ketones is 1. The highest BCUT2D eigenvalue weighted by Gasteiger charge is 2.39. The van der Waals surface area contributed by atoms with Crippen molar-refractivity contribution in [1.82, 2.24) is 0 Å². The predicted molar refractivity (Wildman–Crippen MR) is 174 cm³/mol. The molecule has 1 rings (SSSR count). The van der Waals surface area contributed by atoms with E-state index >= 15 is 0 Å². The summed E-state index contributed by atoms with van der Waals surface area (Å²) in [6, 6.07) is 0. The minimum absolute atomic E-state index is 0.0355. The fraction of sp³-hybridized carbons (Fsp3) is 0.861. The number of rotatable bonds is 28. The molecule has 0 spiro atoms. The molecular weight excluding hydrogens is 560 g/mol. The molecule has 0 aliphatic heterocycles. The molecule has 0 aromatic carbocycles. The van der Waals surface area contributed by atoms with Gasteiger partial charge >= 0.3 is 11.9 Å². The van der Waals surface area contributed by atoms with Crippen LogP contribution in [0.15, 0.2) is 12.2 Å². The van der Waals surface area contributed by atoms with E-state index in [1.807, 2.05) is 0 Å². The molecule has 0 heterocycles. The van der Waals surface area contributed by atoms with E-state index < -0.39 is 18.3 Å². The van der Waals surface area contributed by atoms with Gasteiger partial charge in [0.1, 0.15) is 25.1 Å². The standard InChI is InChI=1S/C36H64O8/c1-3-5-7-8-9-10-11-12-13-18-22-35(41)43-27-30(38)28-44-36(42)23-19-15-14-17-21-31-32(34(40)26-33(31)39)25-24-29(37)20-16-6-4-2/h24-25,29-33,37-39H,3-23,26-28H2,1-2H3/b25-24+/t29-,30-,31+,32+,33-/m0/s1. The van der Waals surface area contributed by atoms with Gasteiger partial charge in [0.25, 0.3) is 0 Å². The number of aliphatic hydroxyl groups excluding tert-OH is 3. The Morgan fingerprint density at radius 1 is 0.750 bits per heavy atom. The van der Waals surface area contributed by atoms with Crippen molar-refractivity contribution < 1.29 is 39.2 Å². The maximum Gasteiger partial charge on any atom is 0.305 e. The topological polar surface area (TPSA) is 130 Å². The lowest BCUT2D eigenvalue weighted by Gasteiger charge is -2.19. The van der Waals surface area contributed by atoms with Crippen molar-refractivity contribution in [2.75, 3.05) is 13.2 Å². The molecule has 1 fully saturated rings. The lowest BCUT2D eigenvalue weighted by molar-refractivity contribution is -0.152. The maximum absolute atomic E-state index is 12.4. The number of Topliss-reactive ketones (excluding diaryl/α,β-unsaturated/α-hetero) is 1. The Morgan fingerprint density at radius 2 is 1.23 bits per heavy atom. The van der Waals surface area contributed by atoms with Crippen LogP contribution in [-0.4, -0.2) is 64.6 Å². The number of ether oxygens (including phenoxy) is 2. The smallest absolute Gasteiger partial charge is 0.305 e. The molecule has 0 unspecified atom stereocenters. The number of carbonyl (C=O) groups is 3. The van der Waals surface area contributed by atoms with Gasteiger partial charge in [-0.25, -0.2) is 0 Å². The maximum atomic E-state index is 12.4. The van der Waals surface area contributed by atoms with E-state index in [4.69, 9.17) is 9.47 Å². The van der Waals surface area contributed by atoms with E-state index in [0.717, 1.165) is 64.2 Å². The highest BCUT2D eigenvalue weighted by molar-refractivity contribution is 5.86. The van der Waals surface area contributed by atoms with Gasteiger partial charge in [-0.1, -0.05) is 122 Å². The third-order valence-corrected chi connectivity index (χ3v) is 8.66. The van der Waals surface area contributed by atoms with Crippen LogP contribution >= 0.6 is 0 Å². The van der Waals surface area contributed by atoms with Crippen molar-refractivity contribution in [3.05, 3.63) is 12.2 Å². The minimum atomic E-state index is -1.03. The number of hydrogen-bond acceptors (Lipinski definition) is 8. The van der Waals surface area contributed by atoms with Gasteiger partial charge in [0.05, 0.1) is 12.2 Å². The predicted octanol–water partition coefficient (Wildman–Crippen LogP) is 7.15. The number of unbranched alkanes of at least 4 members (excludes halogenated alkanes) is 14. The van der Waals surface area contributed by atoms with Gasteiger partial charge in [-0.3, -0.25) is 14.4 Å². The third kappa shape index (κ3) is 20.3. The molecule has 3 N–H and O–H groups in total. The van der Waals surface area contributed by atoms with Gasteiger partial charge in [-0.2, -0.15) is 0 Å². The van der Waals surface area contributed by atoms with Crippen LogP contribution in [0.4, 0.5) is 0 Å². The lowest BCUT2D eigenvalue weighted by atomic mass is 9.88. The Labute approximate surface area is 267 Å². The first-order chi connectivity index (χ1) is 21.3. The van der Waals surface area contributed by atoms with Crippen LogP contribution in [0.1, 0.15) is 155 Å². The minimum Gasteiger partial charge on any atom is -0.463 e. The summed E-state index contributed by atoms with van der Waals surface area (Å²) in [6.07, 6.45) is 21.7. The molecule has 1 aliphatic rings. The SMILES string of the molecule is CCCCCCCCCCCCC(=O)OC[C@H](O)COC(=O)CCCCCC[C@H]1[C@@H](O)CC(=O)[C@@H]1/C=C/[C@@H](O)CCCCC. The van der Waals surface area contributed by atoms with Gasteiger partial charge in [0.15, 0.2) is 0 Å². The fourth-order valence-electron chi connectivity index (χ4n) is 5.87. The number of esters is 2. The molecule has 0 bridgehead atoms. The summed E-state index contributed by atoms with van der Waals surface area (Å²) in [5, 5.41) is 30.5. The number of aliphatic hydroxyl groups is 3. The van der Waals surface area contributed by atoms with Gasteiger partial charge in [0.2, 0.25) is 0 Å². The molecule has 5 atom stereocenters. The molecule has 8 nitrogen and oxygen atoms in total. The molecule has 0 aromatic heterocycles. The van der Waals surface area contributed by atoms with Crippen LogP contribution in [0.2, 0.25) is 0 Å². The van der Waals surface area contributed by atoms with Crippen molar-refractivity contribution in [2.24, 2.45) is 11.8 Å². The van der Waals surface area contributed by atoms with Gasteiger partial charge in [-0.15, -0.1) is 0 Å². The van der Waals surface area contributed by atoms with Crippen LogP contribution in [0.25, 0.3) is 0 Å². The second-order valence-corrected chi connectivity index (χ2v) is 12.8. The molecule has 0 saturated heterocycles. The summed E-state index contributed by atoms with van der Waals surface area (Å²) in [7, 11) is 0. The molecule has 8 heteroatoms. The van der Waals surface area contributed by atoms with Gasteiger partial charge < -0.3 is 24.8 Å². The summed E-state index contributed by atoms with van der Waals surface area (Å²) in [4.78, 5) is 36.3. The van der Waals surface area contributed by atoms with Gasteiger partial charge in [0, 0.05) is 25.2 Å². The van der Waals surface area contributed by atoms with E-state index in [-0.39, 0.29) is 55.6 Å². The Morgan fingerprint density at radius 3 is 1.77 bits per heavy atom. The number of hydrogen-bond donors (Lipinski definition) is 3. The summed E-state index contributed by atoms with van der Waals surface area (Å²) in [5.41, 5.74) is 0. The van der Waals surface area contributed by atoms with Crippen LogP contribution < -0.4 is 0 Å². The first-order valence-corrected chi connectivity index (χ1v) is 17.8. The average molecular weight is 625 g/mol. The quantitative estimate of drug-likeness (QED) is 0.0475. The lowest BCUT2D eigenvalue weighted by Crippen LogP contribution is -2.25. The zero-order valence-electron chi connectivity index (χ0n) is 27.9. The summed E-state index contributed by atoms with van der Waals surface area (Å²) in [6.45, 7) is 3.97. The van der Waals surface area contributed by atoms with E-state index in [9.17, 15) is 29.7 Å². The van der Waals surface area contributed by atoms with E-state index in [1.54, 1.807) is 12.2 Å². The second kappa shape index (κ2) is 26.4. The zero-order chi connectivity index (χ0) is 32.4. The Balaban J connectivity index is 2.07. The van der Waals surface area contributed by atoms with Crippen molar-refractivity contribution in [3.63, 3.8) is 0 Å². The highest BCUT2D eigenvalue weighted by atomic mass is 16.6. The van der Waals surface area contributed by atoms with E-state index in [1.165, 1.54) is 44.9 Å². The highest BCUT2D eigenvalue weighted by Crippen LogP contribution is 2.34. The van der Waals surface area contributed by atoms with Gasteiger partial charge in [-0.05, 0) is 31.6 Å². The van der Waals surface area contributed by atoms with Crippen LogP contribution in [0.5, 0.6) is 0 Å². The average Bonchev–Trinajstić information content (AvgIpc) is 3.27. The first-order valence-electron chi connectivity index (χ1n) is 17.8. The Kier molecular flexibility index (Phi) is 24.2. The monoisotopic (exact) mass is 624 g/mol. The third-order valence-electron chi connectivity index (χ3n) is 8.66. The number of carbonyl (C=O) groups excluding carboxylic acids is 3. The van der Waals surface area contributed by atoms with Crippen LogP contribution in [-0.2, 0) is 23.9 Å². The largest absolute Gasteiger partial charge is 0.463 e. The molecule has 1 saturated carbocycles. The molecule has 0 radical (unpaired) electrons. The molecule has 1 aliphatic carbocycles.